The van der Waals surface area contributed by atoms with E-state index in [9.17, 15) is 4.79 Å². The largest absolute Gasteiger partial charge is 0.457 e. The van der Waals surface area contributed by atoms with Gasteiger partial charge in [0.05, 0.1) is 5.56 Å². The lowest BCUT2D eigenvalue weighted by Crippen LogP contribution is -2.06. The molecule has 0 saturated carbocycles. The lowest BCUT2D eigenvalue weighted by atomic mass is 10.1. The highest BCUT2D eigenvalue weighted by molar-refractivity contribution is 6.35. The van der Waals surface area contributed by atoms with Crippen molar-refractivity contribution >= 4 is 34.9 Å². The molecule has 5 heteroatoms. The fourth-order valence-electron chi connectivity index (χ4n) is 1.63. The van der Waals surface area contributed by atoms with Crippen LogP contribution in [0.4, 0.5) is 5.69 Å². The van der Waals surface area contributed by atoms with E-state index < -0.39 is 5.97 Å². The van der Waals surface area contributed by atoms with E-state index in [0.29, 0.717) is 26.9 Å². The number of rotatable bonds is 3. The molecule has 2 N–H and O–H groups in total. The summed E-state index contributed by atoms with van der Waals surface area (Å²) in [6, 6.07) is 10.1. The zero-order chi connectivity index (χ0) is 14.7. The minimum absolute atomic E-state index is 0.0859. The number of hydrogen-bond donors (Lipinski definition) is 1. The predicted molar refractivity (Wildman–Crippen MR) is 81.2 cm³/mol. The number of ether oxygens (including phenoxy) is 1. The summed E-state index contributed by atoms with van der Waals surface area (Å²) in [6.07, 6.45) is 0. The number of carbonyl (C=O) groups excluding carboxylic acids is 1. The Labute approximate surface area is 127 Å². The first-order valence-corrected chi connectivity index (χ1v) is 6.70. The Bertz CT molecular complexity index is 656. The summed E-state index contributed by atoms with van der Waals surface area (Å²) in [4.78, 5) is 11.9. The molecule has 0 saturated heterocycles. The van der Waals surface area contributed by atoms with Gasteiger partial charge in [-0.2, -0.15) is 0 Å². The Morgan fingerprint density at radius 3 is 2.60 bits per heavy atom. The number of esters is 1. The molecule has 0 aliphatic rings. The van der Waals surface area contributed by atoms with Gasteiger partial charge in [0.2, 0.25) is 0 Å². The molecule has 0 radical (unpaired) electrons. The molecule has 0 aliphatic carbocycles. The normalized spacial score (nSPS) is 10.3. The number of anilines is 1. The van der Waals surface area contributed by atoms with Crippen LogP contribution < -0.4 is 5.73 Å². The minimum atomic E-state index is -0.442. The van der Waals surface area contributed by atoms with E-state index in [1.807, 2.05) is 6.92 Å². The molecule has 2 aromatic carbocycles. The van der Waals surface area contributed by atoms with Gasteiger partial charge in [-0.05, 0) is 36.8 Å². The number of benzene rings is 2. The Hall–Kier alpha value is -1.71. The number of halogens is 2. The van der Waals surface area contributed by atoms with Gasteiger partial charge in [0.15, 0.2) is 0 Å². The Kier molecular flexibility index (Phi) is 4.53. The summed E-state index contributed by atoms with van der Waals surface area (Å²) >= 11 is 11.8. The molecule has 0 amide bonds. The van der Waals surface area contributed by atoms with E-state index in [-0.39, 0.29) is 6.61 Å². The molecular weight excluding hydrogens is 297 g/mol. The monoisotopic (exact) mass is 309 g/mol. The molecule has 0 spiro atoms. The maximum Gasteiger partial charge on any atom is 0.338 e. The van der Waals surface area contributed by atoms with E-state index in [1.54, 1.807) is 36.4 Å². The Morgan fingerprint density at radius 1 is 1.20 bits per heavy atom. The van der Waals surface area contributed by atoms with E-state index in [0.717, 1.165) is 5.56 Å². The first-order valence-electron chi connectivity index (χ1n) is 5.94. The minimum Gasteiger partial charge on any atom is -0.457 e. The molecular formula is C15H13Cl2NO2. The summed E-state index contributed by atoms with van der Waals surface area (Å²) < 4.78 is 5.21. The van der Waals surface area contributed by atoms with Crippen molar-refractivity contribution in [1.29, 1.82) is 0 Å². The van der Waals surface area contributed by atoms with Crippen molar-refractivity contribution in [2.75, 3.05) is 5.73 Å². The summed E-state index contributed by atoms with van der Waals surface area (Å²) in [5.41, 5.74) is 8.35. The molecule has 3 nitrogen and oxygen atoms in total. The molecule has 0 fully saturated rings. The highest BCUT2D eigenvalue weighted by Gasteiger charge is 2.10. The summed E-state index contributed by atoms with van der Waals surface area (Å²) in [5, 5.41) is 1.00. The Balaban J connectivity index is 2.06. The molecule has 2 rings (SSSR count). The molecule has 0 aromatic heterocycles. The van der Waals surface area contributed by atoms with Crippen molar-refractivity contribution in [2.24, 2.45) is 0 Å². The molecule has 0 unspecified atom stereocenters. The van der Waals surface area contributed by atoms with E-state index in [2.05, 4.69) is 0 Å². The molecule has 20 heavy (non-hydrogen) atoms. The lowest BCUT2D eigenvalue weighted by Gasteiger charge is -2.08. The second-order valence-corrected chi connectivity index (χ2v) is 5.23. The molecule has 2 aromatic rings. The fraction of sp³-hybridized carbons (Fsp3) is 0.133. The third kappa shape index (κ3) is 3.44. The number of aryl methyl sites for hydroxylation is 1. The van der Waals surface area contributed by atoms with Crippen LogP contribution in [-0.4, -0.2) is 5.97 Å². The van der Waals surface area contributed by atoms with Crippen LogP contribution in [0.25, 0.3) is 0 Å². The van der Waals surface area contributed by atoms with Crippen molar-refractivity contribution in [1.82, 2.24) is 0 Å². The first-order chi connectivity index (χ1) is 9.47. The SMILES string of the molecule is Cc1ccc(C(=O)OCc2ccc(Cl)cc2Cl)cc1N. The fourth-order valence-corrected chi connectivity index (χ4v) is 2.10. The first kappa shape index (κ1) is 14.7. The van der Waals surface area contributed by atoms with Gasteiger partial charge in [0.25, 0.3) is 0 Å². The number of nitrogens with two attached hydrogens (primary N) is 1. The van der Waals surface area contributed by atoms with Gasteiger partial charge in [-0.15, -0.1) is 0 Å². The lowest BCUT2D eigenvalue weighted by molar-refractivity contribution is 0.0473. The highest BCUT2D eigenvalue weighted by Crippen LogP contribution is 2.22. The van der Waals surface area contributed by atoms with Crippen molar-refractivity contribution < 1.29 is 9.53 Å². The van der Waals surface area contributed by atoms with Gasteiger partial charge >= 0.3 is 5.97 Å². The Morgan fingerprint density at radius 2 is 1.95 bits per heavy atom. The predicted octanol–water partition coefficient (Wildman–Crippen LogP) is 4.24. The van der Waals surface area contributed by atoms with Gasteiger partial charge in [-0.25, -0.2) is 4.79 Å². The molecule has 0 aliphatic heterocycles. The van der Waals surface area contributed by atoms with Crippen molar-refractivity contribution in [3.05, 3.63) is 63.1 Å². The summed E-state index contributed by atoms with van der Waals surface area (Å²) in [5.74, 6) is -0.442. The highest BCUT2D eigenvalue weighted by atomic mass is 35.5. The zero-order valence-corrected chi connectivity index (χ0v) is 12.3. The maximum absolute atomic E-state index is 11.9. The average molecular weight is 310 g/mol. The van der Waals surface area contributed by atoms with E-state index in [4.69, 9.17) is 33.7 Å². The van der Waals surface area contributed by atoms with Gasteiger partial charge < -0.3 is 10.5 Å². The van der Waals surface area contributed by atoms with Gasteiger partial charge in [-0.3, -0.25) is 0 Å². The van der Waals surface area contributed by atoms with Crippen LogP contribution in [0, 0.1) is 6.92 Å². The number of hydrogen-bond acceptors (Lipinski definition) is 3. The van der Waals surface area contributed by atoms with E-state index in [1.165, 1.54) is 0 Å². The van der Waals surface area contributed by atoms with Crippen LogP contribution in [0.5, 0.6) is 0 Å². The molecule has 0 atom stereocenters. The van der Waals surface area contributed by atoms with Crippen molar-refractivity contribution in [3.63, 3.8) is 0 Å². The number of carbonyl (C=O) groups is 1. The smallest absolute Gasteiger partial charge is 0.338 e. The van der Waals surface area contributed by atoms with Crippen LogP contribution in [0.15, 0.2) is 36.4 Å². The molecule has 104 valence electrons. The van der Waals surface area contributed by atoms with Gasteiger partial charge in [-0.1, -0.05) is 35.3 Å². The van der Waals surface area contributed by atoms with Gasteiger partial charge in [0.1, 0.15) is 6.61 Å². The standard InChI is InChI=1S/C15H13Cl2NO2/c1-9-2-3-10(6-14(9)18)15(19)20-8-11-4-5-12(16)7-13(11)17/h2-7H,8,18H2,1H3. The van der Waals surface area contributed by atoms with Gasteiger partial charge in [0, 0.05) is 21.3 Å². The summed E-state index contributed by atoms with van der Waals surface area (Å²) in [6.45, 7) is 1.96. The molecule has 0 heterocycles. The second kappa shape index (κ2) is 6.16. The summed E-state index contributed by atoms with van der Waals surface area (Å²) in [7, 11) is 0. The van der Waals surface area contributed by atoms with Crippen LogP contribution in [-0.2, 0) is 11.3 Å². The topological polar surface area (TPSA) is 52.3 Å². The molecule has 0 bridgehead atoms. The number of nitrogen functional groups attached to an aromatic ring is 1. The van der Waals surface area contributed by atoms with Crippen LogP contribution in [0.3, 0.4) is 0 Å². The van der Waals surface area contributed by atoms with Crippen LogP contribution in [0.2, 0.25) is 10.0 Å². The maximum atomic E-state index is 11.9. The van der Waals surface area contributed by atoms with Crippen LogP contribution in [0.1, 0.15) is 21.5 Å². The average Bonchev–Trinajstić information content (AvgIpc) is 2.40. The zero-order valence-electron chi connectivity index (χ0n) is 10.8. The van der Waals surface area contributed by atoms with E-state index >= 15 is 0 Å². The third-order valence-corrected chi connectivity index (χ3v) is 3.48. The quantitative estimate of drug-likeness (QED) is 0.681. The van der Waals surface area contributed by atoms with Crippen molar-refractivity contribution in [3.8, 4) is 0 Å². The van der Waals surface area contributed by atoms with Crippen molar-refractivity contribution in [2.45, 2.75) is 13.5 Å². The van der Waals surface area contributed by atoms with Crippen LogP contribution >= 0.6 is 23.2 Å². The third-order valence-electron chi connectivity index (χ3n) is 2.89. The second-order valence-electron chi connectivity index (χ2n) is 4.38.